The maximum atomic E-state index is 5.68. The molecule has 0 aliphatic carbocycles. The molecule has 1 aromatic heterocycles. The van der Waals surface area contributed by atoms with Crippen LogP contribution in [0.4, 0.5) is 0 Å². The summed E-state index contributed by atoms with van der Waals surface area (Å²) in [7, 11) is 6.32. The molecule has 0 amide bonds. The Labute approximate surface area is 104 Å². The third-order valence-corrected chi connectivity index (χ3v) is 2.83. The van der Waals surface area contributed by atoms with Gasteiger partial charge in [0.05, 0.1) is 13.1 Å². The molecule has 0 radical (unpaired) electrons. The number of hydrogen-bond donors (Lipinski definition) is 1. The molecule has 0 atom stereocenters. The second-order valence-corrected chi connectivity index (χ2v) is 4.92. The third kappa shape index (κ3) is 4.89. The highest BCUT2D eigenvalue weighted by Crippen LogP contribution is 2.15. The van der Waals surface area contributed by atoms with Crippen molar-refractivity contribution in [2.24, 2.45) is 5.73 Å². The Morgan fingerprint density at radius 2 is 1.94 bits per heavy atom. The van der Waals surface area contributed by atoms with Gasteiger partial charge >= 0.3 is 0 Å². The van der Waals surface area contributed by atoms with Gasteiger partial charge in [0.25, 0.3) is 0 Å². The normalized spacial score (nSPS) is 11.7. The molecular weight excluding hydrogens is 214 g/mol. The Morgan fingerprint density at radius 3 is 2.47 bits per heavy atom. The van der Waals surface area contributed by atoms with Gasteiger partial charge in [-0.05, 0) is 59.2 Å². The Morgan fingerprint density at radius 1 is 1.24 bits per heavy atom. The molecule has 4 nitrogen and oxygen atoms in total. The van der Waals surface area contributed by atoms with Crippen molar-refractivity contribution < 1.29 is 4.42 Å². The number of aryl methyl sites for hydroxylation is 1. The van der Waals surface area contributed by atoms with E-state index in [-0.39, 0.29) is 0 Å². The van der Waals surface area contributed by atoms with Crippen molar-refractivity contribution in [1.29, 1.82) is 0 Å². The van der Waals surface area contributed by atoms with E-state index in [1.54, 1.807) is 0 Å². The fourth-order valence-electron chi connectivity index (χ4n) is 1.87. The van der Waals surface area contributed by atoms with Crippen LogP contribution in [0.15, 0.2) is 10.5 Å². The highest BCUT2D eigenvalue weighted by Gasteiger charge is 2.08. The average molecular weight is 239 g/mol. The molecule has 98 valence electrons. The number of nitrogens with zero attached hydrogens (tertiary/aromatic N) is 2. The first-order valence-electron chi connectivity index (χ1n) is 6.14. The zero-order valence-corrected chi connectivity index (χ0v) is 11.5. The van der Waals surface area contributed by atoms with Gasteiger partial charge in [-0.1, -0.05) is 0 Å². The predicted molar refractivity (Wildman–Crippen MR) is 70.8 cm³/mol. The summed E-state index contributed by atoms with van der Waals surface area (Å²) in [5, 5.41) is 0. The molecule has 0 unspecified atom stereocenters. The van der Waals surface area contributed by atoms with E-state index in [4.69, 9.17) is 10.2 Å². The minimum absolute atomic E-state index is 0.482. The summed E-state index contributed by atoms with van der Waals surface area (Å²) < 4.78 is 5.68. The smallest absolute Gasteiger partial charge is 0.120 e. The fraction of sp³-hybridized carbons (Fsp3) is 0.692. The molecule has 0 fully saturated rings. The lowest BCUT2D eigenvalue weighted by Crippen LogP contribution is -2.23. The van der Waals surface area contributed by atoms with Crippen molar-refractivity contribution in [1.82, 2.24) is 9.80 Å². The van der Waals surface area contributed by atoms with Gasteiger partial charge in [-0.3, -0.25) is 4.90 Å². The largest absolute Gasteiger partial charge is 0.463 e. The molecule has 1 rings (SSSR count). The first-order chi connectivity index (χ1) is 8.02. The van der Waals surface area contributed by atoms with E-state index in [1.165, 1.54) is 6.42 Å². The molecule has 2 N–H and O–H groups in total. The van der Waals surface area contributed by atoms with Crippen molar-refractivity contribution in [3.8, 4) is 0 Å². The molecule has 0 saturated carbocycles. The quantitative estimate of drug-likeness (QED) is 0.782. The van der Waals surface area contributed by atoms with Crippen LogP contribution in [0, 0.1) is 6.92 Å². The molecule has 0 aliphatic heterocycles. The summed E-state index contributed by atoms with van der Waals surface area (Å²) >= 11 is 0. The SMILES string of the molecule is Cc1cc(CN(C)CCCN(C)C)oc1CN. The van der Waals surface area contributed by atoms with Crippen LogP contribution >= 0.6 is 0 Å². The Bertz CT molecular complexity index is 333. The van der Waals surface area contributed by atoms with Gasteiger partial charge in [0.2, 0.25) is 0 Å². The number of furan rings is 1. The van der Waals surface area contributed by atoms with E-state index in [9.17, 15) is 0 Å². The topological polar surface area (TPSA) is 45.6 Å². The van der Waals surface area contributed by atoms with Gasteiger partial charge in [-0.25, -0.2) is 0 Å². The van der Waals surface area contributed by atoms with Crippen molar-refractivity contribution in [3.05, 3.63) is 23.2 Å². The molecule has 0 saturated heterocycles. The van der Waals surface area contributed by atoms with Gasteiger partial charge in [0.15, 0.2) is 0 Å². The first-order valence-corrected chi connectivity index (χ1v) is 6.14. The van der Waals surface area contributed by atoms with Crippen molar-refractivity contribution in [2.75, 3.05) is 34.2 Å². The summed E-state index contributed by atoms with van der Waals surface area (Å²) in [4.78, 5) is 4.49. The molecule has 0 aromatic carbocycles. The summed E-state index contributed by atoms with van der Waals surface area (Å²) in [6.45, 7) is 5.58. The molecular formula is C13H25N3O. The van der Waals surface area contributed by atoms with Gasteiger partial charge in [-0.15, -0.1) is 0 Å². The van der Waals surface area contributed by atoms with E-state index < -0.39 is 0 Å². The fourth-order valence-corrected chi connectivity index (χ4v) is 1.87. The molecule has 1 heterocycles. The van der Waals surface area contributed by atoms with Crippen LogP contribution in [0.25, 0.3) is 0 Å². The summed E-state index contributed by atoms with van der Waals surface area (Å²) in [5.74, 6) is 1.91. The van der Waals surface area contributed by atoms with Crippen molar-refractivity contribution >= 4 is 0 Å². The van der Waals surface area contributed by atoms with Crippen LogP contribution in [0.5, 0.6) is 0 Å². The lowest BCUT2D eigenvalue weighted by Gasteiger charge is -2.16. The summed E-state index contributed by atoms with van der Waals surface area (Å²) in [6.07, 6.45) is 1.17. The Balaban J connectivity index is 2.36. The van der Waals surface area contributed by atoms with Crippen LogP contribution in [0.1, 0.15) is 23.5 Å². The molecule has 4 heteroatoms. The standard InChI is InChI=1S/C13H25N3O/c1-11-8-12(17-13(11)9-14)10-16(4)7-5-6-15(2)3/h8H,5-7,9-10,14H2,1-4H3. The highest BCUT2D eigenvalue weighted by atomic mass is 16.3. The number of nitrogens with two attached hydrogens (primary N) is 1. The van der Waals surface area contributed by atoms with E-state index in [2.05, 4.69) is 37.0 Å². The lowest BCUT2D eigenvalue weighted by atomic mass is 10.2. The van der Waals surface area contributed by atoms with Gasteiger partial charge in [0, 0.05) is 0 Å². The zero-order valence-electron chi connectivity index (χ0n) is 11.5. The first kappa shape index (κ1) is 14.2. The van der Waals surface area contributed by atoms with Crippen molar-refractivity contribution in [3.63, 3.8) is 0 Å². The molecule has 0 bridgehead atoms. The average Bonchev–Trinajstić information content (AvgIpc) is 2.58. The lowest BCUT2D eigenvalue weighted by molar-refractivity contribution is 0.270. The zero-order chi connectivity index (χ0) is 12.8. The molecule has 17 heavy (non-hydrogen) atoms. The Hall–Kier alpha value is -0.840. The summed E-state index contributed by atoms with van der Waals surface area (Å²) in [5.41, 5.74) is 6.75. The van der Waals surface area contributed by atoms with E-state index >= 15 is 0 Å². The van der Waals surface area contributed by atoms with Gasteiger partial charge < -0.3 is 15.1 Å². The summed E-state index contributed by atoms with van der Waals surface area (Å²) in [6, 6.07) is 2.09. The van der Waals surface area contributed by atoms with Crippen LogP contribution in [0.3, 0.4) is 0 Å². The maximum Gasteiger partial charge on any atom is 0.120 e. The molecule has 0 spiro atoms. The van der Waals surface area contributed by atoms with Crippen LogP contribution in [-0.4, -0.2) is 44.0 Å². The minimum atomic E-state index is 0.482. The second kappa shape index (κ2) is 6.79. The monoisotopic (exact) mass is 239 g/mol. The van der Waals surface area contributed by atoms with Crippen LogP contribution in [0.2, 0.25) is 0 Å². The number of rotatable bonds is 7. The van der Waals surface area contributed by atoms with E-state index in [1.807, 2.05) is 6.92 Å². The number of hydrogen-bond acceptors (Lipinski definition) is 4. The van der Waals surface area contributed by atoms with E-state index in [0.29, 0.717) is 6.54 Å². The minimum Gasteiger partial charge on any atom is -0.463 e. The molecule has 0 aliphatic rings. The Kier molecular flexibility index (Phi) is 5.68. The van der Waals surface area contributed by atoms with E-state index in [0.717, 1.165) is 36.7 Å². The van der Waals surface area contributed by atoms with Crippen LogP contribution < -0.4 is 5.73 Å². The van der Waals surface area contributed by atoms with Gasteiger partial charge in [0.1, 0.15) is 11.5 Å². The maximum absolute atomic E-state index is 5.68. The predicted octanol–water partition coefficient (Wildman–Crippen LogP) is 1.43. The van der Waals surface area contributed by atoms with Crippen molar-refractivity contribution in [2.45, 2.75) is 26.4 Å². The van der Waals surface area contributed by atoms with Crippen LogP contribution in [-0.2, 0) is 13.1 Å². The highest BCUT2D eigenvalue weighted by molar-refractivity contribution is 5.19. The molecule has 1 aromatic rings. The van der Waals surface area contributed by atoms with Gasteiger partial charge in [-0.2, -0.15) is 0 Å². The second-order valence-electron chi connectivity index (χ2n) is 4.92. The third-order valence-electron chi connectivity index (χ3n) is 2.83.